The number of hydrogen-bond acceptors (Lipinski definition) is 14. The molecule has 0 bridgehead atoms. The Morgan fingerprint density at radius 1 is 1.36 bits per heavy atom. The number of aliphatic hydroxyl groups excluding tert-OH is 1. The molecular formula is C22H31N8O8P. The number of nitrogens with zero attached hydrogens (tertiary/aromatic N) is 5. The lowest BCUT2D eigenvalue weighted by molar-refractivity contribution is -0.144. The molecule has 0 aromatic carbocycles. The van der Waals surface area contributed by atoms with E-state index < -0.39 is 50.4 Å². The summed E-state index contributed by atoms with van der Waals surface area (Å²) in [5.74, 6) is -0.755. The molecule has 1 unspecified atom stereocenters. The molecule has 3 aromatic rings. The molecule has 7 N–H and O–H groups in total. The highest BCUT2D eigenvalue weighted by Gasteiger charge is 2.54. The highest BCUT2D eigenvalue weighted by molar-refractivity contribution is 7.51. The molecule has 4 heterocycles. The number of pyridine rings is 1. The van der Waals surface area contributed by atoms with E-state index in [0.29, 0.717) is 5.56 Å². The molecule has 0 radical (unpaired) electrons. The fourth-order valence-electron chi connectivity index (χ4n) is 3.99. The SMILES string of the molecule is CCOC(=O)[C@H](C)NP(=O)(OCc1cccnc1)OC[C@H]1O[C@@H](n2cnc3c(N)nc(N)nc32)[C@@](C)(O)[C@H]1O. The minimum Gasteiger partial charge on any atom is -0.465 e. The van der Waals surface area contributed by atoms with Gasteiger partial charge in [-0.3, -0.25) is 23.4 Å². The normalized spacial score (nSPS) is 25.4. The van der Waals surface area contributed by atoms with E-state index in [1.54, 1.807) is 25.3 Å². The average Bonchev–Trinajstić information content (AvgIpc) is 3.40. The van der Waals surface area contributed by atoms with Crippen molar-refractivity contribution in [2.45, 2.75) is 57.5 Å². The van der Waals surface area contributed by atoms with Crippen LogP contribution in [0.15, 0.2) is 30.9 Å². The Kier molecular flexibility index (Phi) is 8.46. The molecular weight excluding hydrogens is 535 g/mol. The topological polar surface area (TPSA) is 232 Å². The number of ether oxygens (including phenoxy) is 2. The van der Waals surface area contributed by atoms with Gasteiger partial charge < -0.3 is 31.2 Å². The van der Waals surface area contributed by atoms with Gasteiger partial charge in [-0.15, -0.1) is 0 Å². The number of anilines is 2. The van der Waals surface area contributed by atoms with Crippen LogP contribution < -0.4 is 16.6 Å². The van der Waals surface area contributed by atoms with E-state index in [1.807, 2.05) is 0 Å². The Balaban J connectivity index is 1.53. The molecule has 1 aliphatic heterocycles. The molecule has 0 spiro atoms. The first-order valence-electron chi connectivity index (χ1n) is 12.0. The molecule has 16 nitrogen and oxygen atoms in total. The van der Waals surface area contributed by atoms with Crippen LogP contribution in [0.2, 0.25) is 0 Å². The summed E-state index contributed by atoms with van der Waals surface area (Å²) in [6.45, 7) is 3.89. The van der Waals surface area contributed by atoms with Crippen LogP contribution in [-0.2, 0) is 34.5 Å². The van der Waals surface area contributed by atoms with Gasteiger partial charge in [0, 0.05) is 12.4 Å². The summed E-state index contributed by atoms with van der Waals surface area (Å²) in [5.41, 5.74) is 10.7. The molecule has 39 heavy (non-hydrogen) atoms. The van der Waals surface area contributed by atoms with Gasteiger partial charge in [0.25, 0.3) is 0 Å². The number of rotatable bonds is 11. The van der Waals surface area contributed by atoms with Gasteiger partial charge >= 0.3 is 13.7 Å². The smallest absolute Gasteiger partial charge is 0.406 e. The second-order valence-electron chi connectivity index (χ2n) is 9.02. The number of hydrogen-bond donors (Lipinski definition) is 5. The fraction of sp³-hybridized carbons (Fsp3) is 0.500. The summed E-state index contributed by atoms with van der Waals surface area (Å²) in [7, 11) is -4.20. The van der Waals surface area contributed by atoms with Crippen molar-refractivity contribution in [1.29, 1.82) is 0 Å². The molecule has 0 saturated carbocycles. The van der Waals surface area contributed by atoms with Crippen LogP contribution in [0.3, 0.4) is 0 Å². The first-order valence-corrected chi connectivity index (χ1v) is 13.5. The molecule has 1 saturated heterocycles. The lowest BCUT2D eigenvalue weighted by Gasteiger charge is -2.27. The number of aromatic nitrogens is 5. The maximum atomic E-state index is 13.6. The molecule has 3 aromatic heterocycles. The fourth-order valence-corrected chi connectivity index (χ4v) is 5.45. The van der Waals surface area contributed by atoms with E-state index in [1.165, 1.54) is 30.9 Å². The quantitative estimate of drug-likeness (QED) is 0.155. The molecule has 17 heteroatoms. The van der Waals surface area contributed by atoms with Crippen molar-refractivity contribution in [3.63, 3.8) is 0 Å². The number of carbonyl (C=O) groups excluding carboxylic acids is 1. The number of nitrogen functional groups attached to an aromatic ring is 2. The summed E-state index contributed by atoms with van der Waals surface area (Å²) in [5, 5.41) is 24.6. The van der Waals surface area contributed by atoms with Crippen molar-refractivity contribution < 1.29 is 38.1 Å². The Morgan fingerprint density at radius 2 is 2.13 bits per heavy atom. The molecule has 4 rings (SSSR count). The molecule has 0 amide bonds. The molecule has 0 aliphatic carbocycles. The van der Waals surface area contributed by atoms with Crippen LogP contribution in [0.4, 0.5) is 11.8 Å². The van der Waals surface area contributed by atoms with E-state index in [4.69, 9.17) is 30.0 Å². The van der Waals surface area contributed by atoms with E-state index in [9.17, 15) is 19.6 Å². The third kappa shape index (κ3) is 6.17. The van der Waals surface area contributed by atoms with E-state index in [2.05, 4.69) is 25.0 Å². The van der Waals surface area contributed by atoms with Gasteiger partial charge in [-0.2, -0.15) is 9.97 Å². The summed E-state index contributed by atoms with van der Waals surface area (Å²) in [4.78, 5) is 28.3. The predicted molar refractivity (Wildman–Crippen MR) is 137 cm³/mol. The van der Waals surface area contributed by atoms with Crippen LogP contribution in [0.25, 0.3) is 11.2 Å². The molecule has 6 atom stereocenters. The van der Waals surface area contributed by atoms with Gasteiger partial charge in [0.05, 0.1) is 26.1 Å². The zero-order valence-corrected chi connectivity index (χ0v) is 22.4. The summed E-state index contributed by atoms with van der Waals surface area (Å²) in [6, 6.07) is 2.33. The lowest BCUT2D eigenvalue weighted by atomic mass is 9.96. The molecule has 1 fully saturated rings. The van der Waals surface area contributed by atoms with Crippen LogP contribution in [0, 0.1) is 0 Å². The minimum atomic E-state index is -4.20. The number of esters is 1. The number of nitrogens with two attached hydrogens (primary N) is 2. The Labute approximate surface area is 223 Å². The van der Waals surface area contributed by atoms with Gasteiger partial charge in [0.2, 0.25) is 5.95 Å². The highest BCUT2D eigenvalue weighted by atomic mass is 31.2. The third-order valence-corrected chi connectivity index (χ3v) is 7.66. The minimum absolute atomic E-state index is 0.0304. The van der Waals surface area contributed by atoms with Gasteiger partial charge in [-0.1, -0.05) is 6.07 Å². The summed E-state index contributed by atoms with van der Waals surface area (Å²) in [6.07, 6.45) is 0.499. The average molecular weight is 567 g/mol. The zero-order chi connectivity index (χ0) is 28.4. The zero-order valence-electron chi connectivity index (χ0n) is 21.5. The third-order valence-electron chi connectivity index (χ3n) is 6.00. The predicted octanol–water partition coefficient (Wildman–Crippen LogP) is 0.278. The van der Waals surface area contributed by atoms with Gasteiger partial charge in [0.15, 0.2) is 17.7 Å². The van der Waals surface area contributed by atoms with Crippen molar-refractivity contribution in [2.75, 3.05) is 24.7 Å². The standard InChI is InChI=1S/C22H31N8O8P/c1-4-35-19(32)12(2)29-39(34,36-9-13-6-5-7-25-8-13)37-10-14-16(31)22(3,33)20(38-14)30-11-26-15-17(23)27-21(24)28-18(15)30/h5-8,11-12,14,16,20,31,33H,4,9-10H2,1-3H3,(H,29,34)(H4,23,24,27,28)/t12-,14+,16-,20+,22-,39?/m0/s1. The van der Waals surface area contributed by atoms with Crippen molar-refractivity contribution >= 4 is 36.6 Å². The maximum absolute atomic E-state index is 13.6. The summed E-state index contributed by atoms with van der Waals surface area (Å²) < 4.78 is 37.0. The molecule has 1 aliphatic rings. The van der Waals surface area contributed by atoms with Gasteiger partial charge in [0.1, 0.15) is 29.4 Å². The largest absolute Gasteiger partial charge is 0.465 e. The van der Waals surface area contributed by atoms with Crippen molar-refractivity contribution in [3.8, 4) is 0 Å². The molecule has 212 valence electrons. The highest BCUT2D eigenvalue weighted by Crippen LogP contribution is 2.47. The Bertz CT molecular complexity index is 1360. The number of carbonyl (C=O) groups is 1. The Morgan fingerprint density at radius 3 is 2.82 bits per heavy atom. The van der Waals surface area contributed by atoms with Crippen molar-refractivity contribution in [2.24, 2.45) is 0 Å². The van der Waals surface area contributed by atoms with Crippen LogP contribution >= 0.6 is 7.75 Å². The van der Waals surface area contributed by atoms with E-state index in [-0.39, 0.29) is 36.1 Å². The number of fused-ring (bicyclic) bond motifs is 1. The number of imidazole rings is 1. The second kappa shape index (κ2) is 11.5. The monoisotopic (exact) mass is 566 g/mol. The van der Waals surface area contributed by atoms with Crippen molar-refractivity contribution in [3.05, 3.63) is 36.4 Å². The Hall–Kier alpha value is -3.24. The first kappa shape index (κ1) is 28.8. The second-order valence-corrected chi connectivity index (χ2v) is 10.8. The first-order chi connectivity index (χ1) is 18.4. The van der Waals surface area contributed by atoms with Gasteiger partial charge in [-0.25, -0.2) is 14.6 Å². The van der Waals surface area contributed by atoms with Gasteiger partial charge in [-0.05, 0) is 32.4 Å². The van der Waals surface area contributed by atoms with E-state index >= 15 is 0 Å². The van der Waals surface area contributed by atoms with Crippen LogP contribution in [0.5, 0.6) is 0 Å². The summed E-state index contributed by atoms with van der Waals surface area (Å²) >= 11 is 0. The van der Waals surface area contributed by atoms with E-state index in [0.717, 1.165) is 0 Å². The van der Waals surface area contributed by atoms with Crippen LogP contribution in [-0.4, -0.2) is 77.7 Å². The lowest BCUT2D eigenvalue weighted by Crippen LogP contribution is -2.44. The van der Waals surface area contributed by atoms with Crippen LogP contribution in [0.1, 0.15) is 32.6 Å². The number of aliphatic hydroxyl groups is 2. The van der Waals surface area contributed by atoms with Crippen molar-refractivity contribution in [1.82, 2.24) is 29.6 Å². The number of nitrogens with one attached hydrogen (secondary N) is 1. The maximum Gasteiger partial charge on any atom is 0.406 e.